The first-order valence-corrected chi connectivity index (χ1v) is 10.1. The van der Waals surface area contributed by atoms with Crippen LogP contribution in [-0.2, 0) is 9.53 Å². The molecule has 2 aromatic carbocycles. The van der Waals surface area contributed by atoms with Crippen molar-refractivity contribution >= 4 is 23.4 Å². The van der Waals surface area contributed by atoms with E-state index in [4.69, 9.17) is 4.74 Å². The zero-order valence-corrected chi connectivity index (χ0v) is 17.1. The number of hydrogen-bond donors (Lipinski definition) is 2. The second-order valence-electron chi connectivity index (χ2n) is 7.25. The number of likely N-dealkylation sites (tertiary alicyclic amines) is 1. The fourth-order valence-electron chi connectivity index (χ4n) is 3.47. The predicted molar refractivity (Wildman–Crippen MR) is 114 cm³/mol. The molecule has 3 rings (SSSR count). The Morgan fingerprint density at radius 1 is 1.00 bits per heavy atom. The van der Waals surface area contributed by atoms with E-state index in [0.717, 1.165) is 0 Å². The van der Waals surface area contributed by atoms with Crippen molar-refractivity contribution in [1.82, 2.24) is 10.2 Å². The van der Waals surface area contributed by atoms with Crippen LogP contribution in [0.2, 0.25) is 0 Å². The fraction of sp³-hybridized carbons (Fsp3) is 0.348. The maximum Gasteiger partial charge on any atom is 0.255 e. The van der Waals surface area contributed by atoms with Gasteiger partial charge < -0.3 is 20.3 Å². The first-order valence-electron chi connectivity index (χ1n) is 10.1. The van der Waals surface area contributed by atoms with E-state index in [-0.39, 0.29) is 23.6 Å². The molecule has 0 radical (unpaired) electrons. The number of nitrogens with zero attached hydrogens (tertiary/aromatic N) is 1. The summed E-state index contributed by atoms with van der Waals surface area (Å²) in [6.07, 6.45) is 1.27. The molecule has 0 bridgehead atoms. The normalized spacial score (nSPS) is 14.2. The van der Waals surface area contributed by atoms with Crippen molar-refractivity contribution in [3.63, 3.8) is 0 Å². The van der Waals surface area contributed by atoms with Gasteiger partial charge in [-0.1, -0.05) is 24.3 Å². The summed E-state index contributed by atoms with van der Waals surface area (Å²) in [6.45, 7) is 2.04. The zero-order chi connectivity index (χ0) is 21.3. The van der Waals surface area contributed by atoms with E-state index in [1.54, 1.807) is 60.5 Å². The molecule has 1 heterocycles. The molecule has 30 heavy (non-hydrogen) atoms. The van der Waals surface area contributed by atoms with Crippen LogP contribution >= 0.6 is 0 Å². The lowest BCUT2D eigenvalue weighted by molar-refractivity contribution is -0.126. The maximum atomic E-state index is 12.9. The Bertz CT molecular complexity index is 877. The maximum absolute atomic E-state index is 12.9. The Labute approximate surface area is 176 Å². The van der Waals surface area contributed by atoms with Crippen LogP contribution in [0.4, 0.5) is 5.69 Å². The summed E-state index contributed by atoms with van der Waals surface area (Å²) in [5.41, 5.74) is 1.64. The summed E-state index contributed by atoms with van der Waals surface area (Å²) in [6, 6.07) is 15.9. The summed E-state index contributed by atoms with van der Waals surface area (Å²) in [5, 5.41) is 5.69. The van der Waals surface area contributed by atoms with Crippen molar-refractivity contribution in [3.05, 3.63) is 65.7 Å². The zero-order valence-electron chi connectivity index (χ0n) is 17.1. The first kappa shape index (κ1) is 21.5. The summed E-state index contributed by atoms with van der Waals surface area (Å²) >= 11 is 0. The molecule has 1 saturated heterocycles. The minimum Gasteiger partial charge on any atom is -0.383 e. The van der Waals surface area contributed by atoms with Gasteiger partial charge in [-0.15, -0.1) is 0 Å². The minimum absolute atomic E-state index is 0.0183. The Morgan fingerprint density at radius 2 is 1.70 bits per heavy atom. The largest absolute Gasteiger partial charge is 0.383 e. The molecule has 1 aliphatic heterocycles. The van der Waals surface area contributed by atoms with Gasteiger partial charge in [-0.25, -0.2) is 0 Å². The third-order valence-corrected chi connectivity index (χ3v) is 5.16. The highest BCUT2D eigenvalue weighted by atomic mass is 16.5. The number of benzene rings is 2. The predicted octanol–water partition coefficient (Wildman–Crippen LogP) is 2.55. The smallest absolute Gasteiger partial charge is 0.255 e. The van der Waals surface area contributed by atoms with E-state index in [2.05, 4.69) is 10.6 Å². The van der Waals surface area contributed by atoms with Crippen LogP contribution in [-0.4, -0.2) is 56.0 Å². The number of piperidine rings is 1. The van der Waals surface area contributed by atoms with E-state index in [9.17, 15) is 14.4 Å². The van der Waals surface area contributed by atoms with E-state index >= 15 is 0 Å². The highest BCUT2D eigenvalue weighted by molar-refractivity contribution is 6.05. The highest BCUT2D eigenvalue weighted by Crippen LogP contribution is 2.21. The van der Waals surface area contributed by atoms with E-state index in [1.165, 1.54) is 0 Å². The van der Waals surface area contributed by atoms with Crippen LogP contribution < -0.4 is 10.6 Å². The van der Waals surface area contributed by atoms with Crippen LogP contribution in [0.1, 0.15) is 33.6 Å². The van der Waals surface area contributed by atoms with Crippen LogP contribution in [0, 0.1) is 5.92 Å². The average Bonchev–Trinajstić information content (AvgIpc) is 2.79. The second-order valence-corrected chi connectivity index (χ2v) is 7.25. The lowest BCUT2D eigenvalue weighted by Crippen LogP contribution is -2.43. The lowest BCUT2D eigenvalue weighted by Gasteiger charge is -2.31. The third-order valence-electron chi connectivity index (χ3n) is 5.16. The molecule has 2 N–H and O–H groups in total. The van der Waals surface area contributed by atoms with Crippen molar-refractivity contribution in [1.29, 1.82) is 0 Å². The average molecular weight is 409 g/mol. The van der Waals surface area contributed by atoms with Gasteiger partial charge in [-0.05, 0) is 43.2 Å². The number of rotatable bonds is 7. The monoisotopic (exact) mass is 409 g/mol. The Kier molecular flexibility index (Phi) is 7.57. The molecule has 1 fully saturated rings. The number of carbonyl (C=O) groups excluding carboxylic acids is 3. The van der Waals surface area contributed by atoms with Gasteiger partial charge in [0.25, 0.3) is 11.8 Å². The summed E-state index contributed by atoms with van der Waals surface area (Å²) < 4.78 is 4.94. The van der Waals surface area contributed by atoms with E-state index < -0.39 is 0 Å². The van der Waals surface area contributed by atoms with Crippen molar-refractivity contribution in [3.8, 4) is 0 Å². The quantitative estimate of drug-likeness (QED) is 0.688. The summed E-state index contributed by atoms with van der Waals surface area (Å²) in [7, 11) is 1.60. The Hall–Kier alpha value is -3.19. The molecule has 158 valence electrons. The molecule has 0 saturated carbocycles. The standard InChI is InChI=1S/C23H27N3O4/c1-30-15-12-24-21(27)18-10-13-26(14-11-18)23(29)19-8-5-9-20(16-19)25-22(28)17-6-3-2-4-7-17/h2-9,16,18H,10-15H2,1H3,(H,24,27)(H,25,28). The molecular weight excluding hydrogens is 382 g/mol. The number of amides is 3. The summed E-state index contributed by atoms with van der Waals surface area (Å²) in [5.74, 6) is -0.378. The second kappa shape index (κ2) is 10.5. The Balaban J connectivity index is 1.55. The molecule has 1 aliphatic rings. The van der Waals surface area contributed by atoms with Gasteiger partial charge in [0.2, 0.25) is 5.91 Å². The van der Waals surface area contributed by atoms with Crippen LogP contribution in [0.25, 0.3) is 0 Å². The van der Waals surface area contributed by atoms with Crippen LogP contribution in [0.15, 0.2) is 54.6 Å². The van der Waals surface area contributed by atoms with Gasteiger partial charge in [-0.2, -0.15) is 0 Å². The number of ether oxygens (including phenoxy) is 1. The molecule has 7 heteroatoms. The number of carbonyl (C=O) groups is 3. The van der Waals surface area contributed by atoms with Gasteiger partial charge in [0.05, 0.1) is 6.61 Å². The van der Waals surface area contributed by atoms with Gasteiger partial charge in [0.15, 0.2) is 0 Å². The van der Waals surface area contributed by atoms with Crippen LogP contribution in [0.3, 0.4) is 0 Å². The van der Waals surface area contributed by atoms with Gasteiger partial charge >= 0.3 is 0 Å². The highest BCUT2D eigenvalue weighted by Gasteiger charge is 2.27. The number of nitrogens with one attached hydrogen (secondary N) is 2. The molecule has 0 aliphatic carbocycles. The van der Waals surface area contributed by atoms with Crippen molar-refractivity contribution in [2.45, 2.75) is 12.8 Å². The van der Waals surface area contributed by atoms with Crippen molar-refractivity contribution in [2.75, 3.05) is 38.7 Å². The SMILES string of the molecule is COCCNC(=O)C1CCN(C(=O)c2cccc(NC(=O)c3ccccc3)c2)CC1. The molecule has 3 amide bonds. The third kappa shape index (κ3) is 5.67. The molecule has 0 atom stereocenters. The molecule has 0 aromatic heterocycles. The number of anilines is 1. The van der Waals surface area contributed by atoms with E-state index in [0.29, 0.717) is 55.9 Å². The number of hydrogen-bond acceptors (Lipinski definition) is 4. The van der Waals surface area contributed by atoms with Gasteiger partial charge in [0.1, 0.15) is 0 Å². The van der Waals surface area contributed by atoms with E-state index in [1.807, 2.05) is 6.07 Å². The molecule has 0 unspecified atom stereocenters. The number of methoxy groups -OCH3 is 1. The molecule has 0 spiro atoms. The van der Waals surface area contributed by atoms with Crippen molar-refractivity contribution in [2.24, 2.45) is 5.92 Å². The summed E-state index contributed by atoms with van der Waals surface area (Å²) in [4.78, 5) is 39.2. The lowest BCUT2D eigenvalue weighted by atomic mass is 9.95. The van der Waals surface area contributed by atoms with Gasteiger partial charge in [0, 0.05) is 49.5 Å². The topological polar surface area (TPSA) is 87.7 Å². The molecule has 2 aromatic rings. The fourth-order valence-corrected chi connectivity index (χ4v) is 3.47. The van der Waals surface area contributed by atoms with Crippen molar-refractivity contribution < 1.29 is 19.1 Å². The van der Waals surface area contributed by atoms with Crippen LogP contribution in [0.5, 0.6) is 0 Å². The molecule has 7 nitrogen and oxygen atoms in total. The first-order chi connectivity index (χ1) is 14.6. The molecular formula is C23H27N3O4. The Morgan fingerprint density at radius 3 is 2.40 bits per heavy atom. The minimum atomic E-state index is -0.222. The van der Waals surface area contributed by atoms with Gasteiger partial charge in [-0.3, -0.25) is 14.4 Å².